The molecule has 2 heterocycles. The van der Waals surface area contributed by atoms with Crippen LogP contribution in [0.1, 0.15) is 44.1 Å². The van der Waals surface area contributed by atoms with Gasteiger partial charge in [0.05, 0.1) is 5.69 Å². The first kappa shape index (κ1) is 26.3. The van der Waals surface area contributed by atoms with Gasteiger partial charge in [0.1, 0.15) is 6.04 Å². The fourth-order valence-electron chi connectivity index (χ4n) is 3.12. The van der Waals surface area contributed by atoms with E-state index in [0.717, 1.165) is 10.2 Å². The molecule has 36 heavy (non-hydrogen) atoms. The Balaban J connectivity index is 1.50. The molecule has 3 amide bonds. The first-order valence-electron chi connectivity index (χ1n) is 11.5. The van der Waals surface area contributed by atoms with E-state index in [-0.39, 0.29) is 24.9 Å². The summed E-state index contributed by atoms with van der Waals surface area (Å²) >= 11 is 0. The molecule has 188 valence electrons. The molecule has 0 saturated carbocycles. The van der Waals surface area contributed by atoms with Gasteiger partial charge in [-0.05, 0) is 49.4 Å². The predicted octanol–water partition coefficient (Wildman–Crippen LogP) is 2.40. The molecule has 3 aromatic rings. The fraction of sp³-hybridized carbons (Fsp3) is 0.308. The lowest BCUT2D eigenvalue weighted by atomic mass is 9.95. The van der Waals surface area contributed by atoms with Crippen molar-refractivity contribution in [3.63, 3.8) is 0 Å². The Hall–Kier alpha value is -4.34. The van der Waals surface area contributed by atoms with Crippen LogP contribution in [0, 0.1) is 5.41 Å². The van der Waals surface area contributed by atoms with E-state index in [9.17, 15) is 19.2 Å². The van der Waals surface area contributed by atoms with E-state index < -0.39 is 22.9 Å². The number of carbonyl (C=O) groups excluding carboxylic acids is 3. The minimum Gasteiger partial charge on any atom is -0.352 e. The average molecular weight is 491 g/mol. The van der Waals surface area contributed by atoms with E-state index in [4.69, 9.17) is 0 Å². The SMILES string of the molecule is CC(C(=O)NCCNC(=O)c1ccc(NC(=O)C(C)(C)C)cc1)n1nc(-c2cccnc2)ccc1=O. The second-order valence-corrected chi connectivity index (χ2v) is 9.25. The summed E-state index contributed by atoms with van der Waals surface area (Å²) in [6, 6.07) is 12.2. The number of anilines is 1. The third kappa shape index (κ3) is 6.84. The maximum atomic E-state index is 12.6. The Bertz CT molecular complexity index is 1280. The molecule has 0 aliphatic carbocycles. The van der Waals surface area contributed by atoms with Gasteiger partial charge in [-0.3, -0.25) is 24.2 Å². The quantitative estimate of drug-likeness (QED) is 0.415. The number of nitrogens with zero attached hydrogens (tertiary/aromatic N) is 3. The van der Waals surface area contributed by atoms with Gasteiger partial charge in [-0.25, -0.2) is 4.68 Å². The lowest BCUT2D eigenvalue weighted by molar-refractivity contribution is -0.124. The Morgan fingerprint density at radius 2 is 1.67 bits per heavy atom. The minimum atomic E-state index is -0.847. The highest BCUT2D eigenvalue weighted by molar-refractivity contribution is 5.97. The lowest BCUT2D eigenvalue weighted by Gasteiger charge is -2.17. The first-order valence-corrected chi connectivity index (χ1v) is 11.5. The van der Waals surface area contributed by atoms with Crippen molar-refractivity contribution in [1.82, 2.24) is 25.4 Å². The first-order chi connectivity index (χ1) is 17.1. The summed E-state index contributed by atoms with van der Waals surface area (Å²) in [5.41, 5.74) is 1.35. The van der Waals surface area contributed by atoms with Crippen molar-refractivity contribution >= 4 is 23.4 Å². The smallest absolute Gasteiger partial charge is 0.267 e. The molecule has 3 N–H and O–H groups in total. The van der Waals surface area contributed by atoms with Crippen molar-refractivity contribution in [2.45, 2.75) is 33.7 Å². The zero-order valence-electron chi connectivity index (χ0n) is 20.7. The molecule has 2 aromatic heterocycles. The molecule has 1 aromatic carbocycles. The van der Waals surface area contributed by atoms with E-state index >= 15 is 0 Å². The summed E-state index contributed by atoms with van der Waals surface area (Å²) < 4.78 is 1.12. The fourth-order valence-corrected chi connectivity index (χ4v) is 3.12. The van der Waals surface area contributed by atoms with Gasteiger partial charge >= 0.3 is 0 Å². The number of aromatic nitrogens is 3. The topological polar surface area (TPSA) is 135 Å². The Morgan fingerprint density at radius 3 is 2.31 bits per heavy atom. The van der Waals surface area contributed by atoms with E-state index in [1.54, 1.807) is 55.7 Å². The van der Waals surface area contributed by atoms with Gasteiger partial charge in [0, 0.05) is 53.8 Å². The van der Waals surface area contributed by atoms with Crippen molar-refractivity contribution in [2.24, 2.45) is 5.41 Å². The van der Waals surface area contributed by atoms with Gasteiger partial charge < -0.3 is 16.0 Å². The summed E-state index contributed by atoms with van der Waals surface area (Å²) in [7, 11) is 0. The van der Waals surface area contributed by atoms with E-state index in [0.29, 0.717) is 16.9 Å². The summed E-state index contributed by atoms with van der Waals surface area (Å²) in [6.45, 7) is 7.40. The number of nitrogens with one attached hydrogen (secondary N) is 3. The van der Waals surface area contributed by atoms with E-state index in [2.05, 4.69) is 26.0 Å². The van der Waals surface area contributed by atoms with Crippen LogP contribution in [0.3, 0.4) is 0 Å². The van der Waals surface area contributed by atoms with Crippen molar-refractivity contribution in [3.8, 4) is 11.3 Å². The molecule has 0 spiro atoms. The molecule has 0 bridgehead atoms. The van der Waals surface area contributed by atoms with Crippen LogP contribution in [-0.2, 0) is 9.59 Å². The van der Waals surface area contributed by atoms with Gasteiger partial charge in [0.25, 0.3) is 11.5 Å². The van der Waals surface area contributed by atoms with Crippen molar-refractivity contribution < 1.29 is 14.4 Å². The van der Waals surface area contributed by atoms with Crippen LogP contribution in [0.2, 0.25) is 0 Å². The standard InChI is InChI=1S/C26H30N6O4/c1-17(32-22(33)12-11-21(31-32)19-6-5-13-27-16-19)23(34)28-14-15-29-24(35)18-7-9-20(10-8-18)30-25(36)26(2,3)4/h5-13,16-17H,14-15H2,1-4H3,(H,28,34)(H,29,35)(H,30,36). The molecule has 1 unspecified atom stereocenters. The van der Waals surface area contributed by atoms with Gasteiger partial charge in [-0.15, -0.1) is 0 Å². The number of benzene rings is 1. The number of carbonyl (C=O) groups is 3. The van der Waals surface area contributed by atoms with E-state index in [1.807, 2.05) is 26.8 Å². The monoisotopic (exact) mass is 490 g/mol. The highest BCUT2D eigenvalue weighted by Crippen LogP contribution is 2.18. The zero-order valence-corrected chi connectivity index (χ0v) is 20.7. The van der Waals surface area contributed by atoms with Gasteiger partial charge in [0.2, 0.25) is 11.8 Å². The summed E-state index contributed by atoms with van der Waals surface area (Å²) in [5.74, 6) is -0.833. The van der Waals surface area contributed by atoms with E-state index in [1.165, 1.54) is 6.07 Å². The number of hydrogen-bond acceptors (Lipinski definition) is 6. The van der Waals surface area contributed by atoms with Gasteiger partial charge in [0.15, 0.2) is 0 Å². The molecule has 0 aliphatic heterocycles. The second-order valence-electron chi connectivity index (χ2n) is 9.25. The number of rotatable bonds is 8. The van der Waals surface area contributed by atoms with Crippen molar-refractivity contribution in [2.75, 3.05) is 18.4 Å². The van der Waals surface area contributed by atoms with Gasteiger partial charge in [-0.2, -0.15) is 5.10 Å². The van der Waals surface area contributed by atoms with Crippen LogP contribution < -0.4 is 21.5 Å². The molecular formula is C26H30N6O4. The molecular weight excluding hydrogens is 460 g/mol. The van der Waals surface area contributed by atoms with Crippen LogP contribution in [-0.4, -0.2) is 45.6 Å². The third-order valence-electron chi connectivity index (χ3n) is 5.32. The highest BCUT2D eigenvalue weighted by Gasteiger charge is 2.21. The lowest BCUT2D eigenvalue weighted by Crippen LogP contribution is -2.40. The van der Waals surface area contributed by atoms with Crippen molar-refractivity contribution in [1.29, 1.82) is 0 Å². The number of amides is 3. The van der Waals surface area contributed by atoms with Crippen LogP contribution >= 0.6 is 0 Å². The molecule has 3 rings (SSSR count). The highest BCUT2D eigenvalue weighted by atomic mass is 16.2. The molecule has 10 nitrogen and oxygen atoms in total. The molecule has 0 radical (unpaired) electrons. The maximum absolute atomic E-state index is 12.6. The molecule has 1 atom stereocenters. The minimum absolute atomic E-state index is 0.120. The average Bonchev–Trinajstić information content (AvgIpc) is 2.86. The number of pyridine rings is 1. The zero-order chi connectivity index (χ0) is 26.3. The summed E-state index contributed by atoms with van der Waals surface area (Å²) in [6.07, 6.45) is 3.26. The third-order valence-corrected chi connectivity index (χ3v) is 5.32. The largest absolute Gasteiger partial charge is 0.352 e. The molecule has 0 saturated heterocycles. The van der Waals surface area contributed by atoms with Crippen molar-refractivity contribution in [3.05, 3.63) is 76.8 Å². The Kier molecular flexibility index (Phi) is 8.31. The molecule has 0 fully saturated rings. The van der Waals surface area contributed by atoms with Crippen LogP contribution in [0.4, 0.5) is 5.69 Å². The summed E-state index contributed by atoms with van der Waals surface area (Å²) in [5, 5.41) is 12.5. The number of hydrogen-bond donors (Lipinski definition) is 3. The maximum Gasteiger partial charge on any atom is 0.267 e. The molecule has 10 heteroatoms. The molecule has 0 aliphatic rings. The summed E-state index contributed by atoms with van der Waals surface area (Å²) in [4.78, 5) is 53.4. The Morgan fingerprint density at radius 1 is 0.972 bits per heavy atom. The van der Waals surface area contributed by atoms with Crippen LogP contribution in [0.15, 0.2) is 65.7 Å². The van der Waals surface area contributed by atoms with Crippen LogP contribution in [0.5, 0.6) is 0 Å². The predicted molar refractivity (Wildman–Crippen MR) is 136 cm³/mol. The normalized spacial score (nSPS) is 11.9. The van der Waals surface area contributed by atoms with Crippen LogP contribution in [0.25, 0.3) is 11.3 Å². The Labute approximate surface area is 209 Å². The second kappa shape index (κ2) is 11.4. The van der Waals surface area contributed by atoms with Gasteiger partial charge in [-0.1, -0.05) is 20.8 Å².